The zero-order valence-corrected chi connectivity index (χ0v) is 20.8. The molecule has 0 radical (unpaired) electrons. The normalized spacial score (nSPS) is 11.1. The number of benzene rings is 3. The molecular formula is C27H24ClN5O3. The number of methoxy groups -OCH3 is 1. The molecule has 3 aromatic carbocycles. The Morgan fingerprint density at radius 2 is 1.89 bits per heavy atom. The van der Waals surface area contributed by atoms with Crippen LogP contribution < -0.4 is 5.32 Å². The molecule has 182 valence electrons. The zero-order chi connectivity index (χ0) is 25.2. The van der Waals surface area contributed by atoms with E-state index >= 15 is 0 Å². The van der Waals surface area contributed by atoms with Crippen molar-refractivity contribution in [1.29, 1.82) is 0 Å². The number of carbonyl (C=O) groups is 1. The minimum absolute atomic E-state index is 0.212. The third-order valence-electron chi connectivity index (χ3n) is 5.90. The highest BCUT2D eigenvalue weighted by Crippen LogP contribution is 2.31. The highest BCUT2D eigenvalue weighted by Gasteiger charge is 2.15. The van der Waals surface area contributed by atoms with Gasteiger partial charge in [0.15, 0.2) is 0 Å². The number of halogens is 1. The first kappa shape index (κ1) is 23.6. The van der Waals surface area contributed by atoms with Gasteiger partial charge < -0.3 is 19.5 Å². The smallest absolute Gasteiger partial charge is 0.320 e. The maximum Gasteiger partial charge on any atom is 0.320 e. The van der Waals surface area contributed by atoms with Crippen LogP contribution in [0.4, 0.5) is 11.7 Å². The molecule has 0 saturated heterocycles. The number of aromatic nitrogens is 4. The molecule has 0 atom stereocenters. The molecule has 0 spiro atoms. The fourth-order valence-corrected chi connectivity index (χ4v) is 4.45. The van der Waals surface area contributed by atoms with Crippen LogP contribution in [-0.4, -0.2) is 33.2 Å². The standard InChI is InChI=1S/C27H24ClN5O3/c1-15-11-17(7-10-23(34)35-3)12-16(2)24(15)25-30-21-9-8-18(13-22(21)31-25)26-32-33-27(36-26)29-20-6-4-5-19(28)14-20/h4-6,8-9,11-14H,7,10H2,1-3H3,(H,29,33)(H,30,31). The Bertz CT molecular complexity index is 1550. The SMILES string of the molecule is COC(=O)CCc1cc(C)c(-c2nc3ccc(-c4nnc(Nc5cccc(Cl)c5)o4)cc3[nH]2)c(C)c1. The molecule has 0 unspecified atom stereocenters. The maximum absolute atomic E-state index is 11.5. The number of aromatic amines is 1. The number of rotatable bonds is 7. The van der Waals surface area contributed by atoms with Gasteiger partial charge in [-0.2, -0.15) is 0 Å². The number of aryl methyl sites for hydroxylation is 3. The van der Waals surface area contributed by atoms with E-state index in [1.807, 2.05) is 30.3 Å². The largest absolute Gasteiger partial charge is 0.469 e. The first-order valence-corrected chi connectivity index (χ1v) is 11.8. The molecule has 0 aliphatic heterocycles. The van der Waals surface area contributed by atoms with Crippen LogP contribution in [-0.2, 0) is 16.0 Å². The van der Waals surface area contributed by atoms with E-state index in [9.17, 15) is 4.79 Å². The highest BCUT2D eigenvalue weighted by molar-refractivity contribution is 6.30. The number of hydrogen-bond acceptors (Lipinski definition) is 7. The molecule has 0 amide bonds. The molecule has 2 heterocycles. The molecule has 0 fully saturated rings. The second-order valence-corrected chi connectivity index (χ2v) is 8.98. The summed E-state index contributed by atoms with van der Waals surface area (Å²) in [6.07, 6.45) is 0.991. The number of nitrogens with zero attached hydrogens (tertiary/aromatic N) is 3. The summed E-state index contributed by atoms with van der Waals surface area (Å²) < 4.78 is 10.6. The fourth-order valence-electron chi connectivity index (χ4n) is 4.26. The van der Waals surface area contributed by atoms with Crippen LogP contribution in [0, 0.1) is 13.8 Å². The first-order valence-electron chi connectivity index (χ1n) is 11.4. The van der Waals surface area contributed by atoms with Crippen LogP contribution in [0.15, 0.2) is 59.0 Å². The first-order chi connectivity index (χ1) is 17.4. The zero-order valence-electron chi connectivity index (χ0n) is 20.1. The number of anilines is 2. The summed E-state index contributed by atoms with van der Waals surface area (Å²) in [6, 6.07) is 17.5. The van der Waals surface area contributed by atoms with Crippen molar-refractivity contribution in [1.82, 2.24) is 20.2 Å². The van der Waals surface area contributed by atoms with Crippen LogP contribution in [0.3, 0.4) is 0 Å². The Morgan fingerprint density at radius 1 is 1.08 bits per heavy atom. The van der Waals surface area contributed by atoms with Crippen LogP contribution in [0.2, 0.25) is 5.02 Å². The second kappa shape index (κ2) is 9.83. The van der Waals surface area contributed by atoms with Crippen LogP contribution in [0.1, 0.15) is 23.1 Å². The van der Waals surface area contributed by atoms with Crippen LogP contribution >= 0.6 is 11.6 Å². The summed E-state index contributed by atoms with van der Waals surface area (Å²) in [4.78, 5) is 19.7. The molecule has 0 aliphatic carbocycles. The molecule has 0 aliphatic rings. The lowest BCUT2D eigenvalue weighted by atomic mass is 9.97. The average Bonchev–Trinajstić information content (AvgIpc) is 3.48. The number of carbonyl (C=O) groups excluding carboxylic acids is 1. The van der Waals surface area contributed by atoms with Crippen molar-refractivity contribution >= 4 is 40.3 Å². The van der Waals surface area contributed by atoms with Crippen molar-refractivity contribution in [2.75, 3.05) is 12.4 Å². The van der Waals surface area contributed by atoms with Crippen molar-refractivity contribution in [3.05, 3.63) is 76.3 Å². The van der Waals surface area contributed by atoms with E-state index in [0.29, 0.717) is 23.8 Å². The van der Waals surface area contributed by atoms with E-state index in [4.69, 9.17) is 25.7 Å². The summed E-state index contributed by atoms with van der Waals surface area (Å²) in [7, 11) is 1.41. The van der Waals surface area contributed by atoms with Gasteiger partial charge in [0.25, 0.3) is 0 Å². The number of hydrogen-bond donors (Lipinski definition) is 2. The van der Waals surface area contributed by atoms with Gasteiger partial charge in [0.2, 0.25) is 5.89 Å². The molecule has 5 aromatic rings. The molecular weight excluding hydrogens is 478 g/mol. The predicted molar refractivity (Wildman–Crippen MR) is 139 cm³/mol. The van der Waals surface area contributed by atoms with E-state index in [2.05, 4.69) is 46.5 Å². The van der Waals surface area contributed by atoms with Crippen molar-refractivity contribution in [3.63, 3.8) is 0 Å². The minimum atomic E-state index is -0.212. The van der Waals surface area contributed by atoms with Gasteiger partial charge in [-0.15, -0.1) is 5.10 Å². The number of esters is 1. The van der Waals surface area contributed by atoms with Crippen molar-refractivity contribution in [2.45, 2.75) is 26.7 Å². The number of fused-ring (bicyclic) bond motifs is 1. The average molecular weight is 502 g/mol. The highest BCUT2D eigenvalue weighted by atomic mass is 35.5. The Morgan fingerprint density at radius 3 is 2.64 bits per heavy atom. The second-order valence-electron chi connectivity index (χ2n) is 8.55. The minimum Gasteiger partial charge on any atom is -0.469 e. The molecule has 0 bridgehead atoms. The maximum atomic E-state index is 11.5. The van der Waals surface area contributed by atoms with Crippen molar-refractivity contribution in [3.8, 4) is 22.8 Å². The van der Waals surface area contributed by atoms with E-state index in [0.717, 1.165) is 50.4 Å². The third kappa shape index (κ3) is 4.94. The molecule has 9 heteroatoms. The van der Waals surface area contributed by atoms with Crippen LogP contribution in [0.25, 0.3) is 33.9 Å². The summed E-state index contributed by atoms with van der Waals surface area (Å²) >= 11 is 6.04. The molecule has 8 nitrogen and oxygen atoms in total. The summed E-state index contributed by atoms with van der Waals surface area (Å²) in [5.41, 5.74) is 7.53. The number of ether oxygens (including phenoxy) is 1. The molecule has 2 aromatic heterocycles. The van der Waals surface area contributed by atoms with Gasteiger partial charge in [-0.3, -0.25) is 4.79 Å². The van der Waals surface area contributed by atoms with Gasteiger partial charge in [0.1, 0.15) is 5.82 Å². The predicted octanol–water partition coefficient (Wildman–Crippen LogP) is 6.40. The van der Waals surface area contributed by atoms with Gasteiger partial charge in [-0.05, 0) is 73.4 Å². The van der Waals surface area contributed by atoms with E-state index < -0.39 is 0 Å². The molecule has 2 N–H and O–H groups in total. The lowest BCUT2D eigenvalue weighted by Gasteiger charge is -2.10. The number of imidazole rings is 1. The summed E-state index contributed by atoms with van der Waals surface area (Å²) in [5.74, 6) is 0.960. The lowest BCUT2D eigenvalue weighted by Crippen LogP contribution is -2.02. The monoisotopic (exact) mass is 501 g/mol. The van der Waals surface area contributed by atoms with Gasteiger partial charge in [-0.1, -0.05) is 34.9 Å². The molecule has 5 rings (SSSR count). The summed E-state index contributed by atoms with van der Waals surface area (Å²) in [6.45, 7) is 4.10. The Hall–Kier alpha value is -4.17. The van der Waals surface area contributed by atoms with Gasteiger partial charge in [0, 0.05) is 28.3 Å². The summed E-state index contributed by atoms with van der Waals surface area (Å²) in [5, 5.41) is 11.9. The van der Waals surface area contributed by atoms with Crippen molar-refractivity contribution in [2.24, 2.45) is 0 Å². The third-order valence-corrected chi connectivity index (χ3v) is 6.14. The molecule has 0 saturated carbocycles. The molecule has 36 heavy (non-hydrogen) atoms. The van der Waals surface area contributed by atoms with Gasteiger partial charge >= 0.3 is 12.0 Å². The van der Waals surface area contributed by atoms with Crippen molar-refractivity contribution < 1.29 is 13.9 Å². The van der Waals surface area contributed by atoms with Crippen LogP contribution in [0.5, 0.6) is 0 Å². The Labute approximate surface area is 212 Å². The lowest BCUT2D eigenvalue weighted by molar-refractivity contribution is -0.140. The Balaban J connectivity index is 1.39. The van der Waals surface area contributed by atoms with E-state index in [-0.39, 0.29) is 12.0 Å². The fraction of sp³-hybridized carbons (Fsp3) is 0.185. The van der Waals surface area contributed by atoms with E-state index in [1.54, 1.807) is 12.1 Å². The van der Waals surface area contributed by atoms with Gasteiger partial charge in [0.05, 0.1) is 18.1 Å². The van der Waals surface area contributed by atoms with Gasteiger partial charge in [-0.25, -0.2) is 4.98 Å². The topological polar surface area (TPSA) is 106 Å². The quantitative estimate of drug-likeness (QED) is 0.248. The number of H-pyrrole nitrogens is 1. The number of nitrogens with one attached hydrogen (secondary N) is 2. The Kier molecular flexibility index (Phi) is 6.43. The van der Waals surface area contributed by atoms with E-state index in [1.165, 1.54) is 7.11 Å².